The van der Waals surface area contributed by atoms with Crippen molar-refractivity contribution in [2.45, 2.75) is 18.9 Å². The third-order valence-electron chi connectivity index (χ3n) is 3.02. The predicted octanol–water partition coefficient (Wildman–Crippen LogP) is 1.70. The Hall–Kier alpha value is -1.56. The number of nitrogens with zero attached hydrogens (tertiary/aromatic N) is 1. The van der Waals surface area contributed by atoms with Crippen molar-refractivity contribution in [1.82, 2.24) is 4.90 Å². The van der Waals surface area contributed by atoms with Gasteiger partial charge in [0.15, 0.2) is 17.5 Å². The monoisotopic (exact) mass is 259 g/mol. The van der Waals surface area contributed by atoms with Crippen LogP contribution in [0, 0.1) is 17.5 Å². The van der Waals surface area contributed by atoms with E-state index >= 15 is 0 Å². The van der Waals surface area contributed by atoms with Gasteiger partial charge >= 0.3 is 0 Å². The highest BCUT2D eigenvalue weighted by Crippen LogP contribution is 2.19. The first kappa shape index (κ1) is 12.9. The molecule has 6 heteroatoms. The molecule has 1 N–H and O–H groups in total. The molecule has 1 aromatic carbocycles. The topological polar surface area (TPSA) is 40.5 Å². The maximum Gasteiger partial charge on any atom is 0.256 e. The van der Waals surface area contributed by atoms with Gasteiger partial charge < -0.3 is 10.0 Å². The molecular weight excluding hydrogens is 247 g/mol. The summed E-state index contributed by atoms with van der Waals surface area (Å²) >= 11 is 0. The Kier molecular flexibility index (Phi) is 3.56. The first-order chi connectivity index (χ1) is 8.50. The second kappa shape index (κ2) is 4.97. The van der Waals surface area contributed by atoms with Crippen LogP contribution >= 0.6 is 0 Å². The molecule has 2 rings (SSSR count). The molecule has 0 aromatic heterocycles. The summed E-state index contributed by atoms with van der Waals surface area (Å²) in [4.78, 5) is 13.2. The lowest BCUT2D eigenvalue weighted by atomic mass is 10.1. The largest absolute Gasteiger partial charge is 0.393 e. The van der Waals surface area contributed by atoms with Gasteiger partial charge in [0.25, 0.3) is 5.91 Å². The second-order valence-corrected chi connectivity index (χ2v) is 4.25. The zero-order chi connectivity index (χ0) is 13.3. The van der Waals surface area contributed by atoms with Gasteiger partial charge in [-0.1, -0.05) is 0 Å². The molecule has 18 heavy (non-hydrogen) atoms. The van der Waals surface area contributed by atoms with Crippen molar-refractivity contribution in [3.05, 3.63) is 35.1 Å². The van der Waals surface area contributed by atoms with E-state index in [1.165, 1.54) is 4.90 Å². The van der Waals surface area contributed by atoms with E-state index in [1.807, 2.05) is 0 Å². The van der Waals surface area contributed by atoms with Gasteiger partial charge in [-0.05, 0) is 25.0 Å². The van der Waals surface area contributed by atoms with E-state index in [0.717, 1.165) is 12.1 Å². The maximum atomic E-state index is 13.4. The number of hydrogen-bond donors (Lipinski definition) is 1. The number of hydrogen-bond acceptors (Lipinski definition) is 2. The molecule has 1 saturated heterocycles. The molecule has 0 bridgehead atoms. The van der Waals surface area contributed by atoms with Gasteiger partial charge in [-0.25, -0.2) is 13.2 Å². The summed E-state index contributed by atoms with van der Waals surface area (Å²) in [6.07, 6.45) is 0.331. The molecule has 1 fully saturated rings. The molecule has 0 saturated carbocycles. The summed E-state index contributed by atoms with van der Waals surface area (Å²) in [5.41, 5.74) is -0.481. The van der Waals surface area contributed by atoms with E-state index < -0.39 is 35.0 Å². The summed E-state index contributed by atoms with van der Waals surface area (Å²) in [5.74, 6) is -5.11. The van der Waals surface area contributed by atoms with Crippen molar-refractivity contribution in [2.24, 2.45) is 0 Å². The molecule has 1 aromatic rings. The van der Waals surface area contributed by atoms with Crippen LogP contribution in [0.5, 0.6) is 0 Å². The van der Waals surface area contributed by atoms with E-state index in [-0.39, 0.29) is 13.1 Å². The van der Waals surface area contributed by atoms with E-state index in [4.69, 9.17) is 0 Å². The first-order valence-electron chi connectivity index (χ1n) is 5.61. The summed E-state index contributed by atoms with van der Waals surface area (Å²) in [5, 5.41) is 9.29. The van der Waals surface area contributed by atoms with Crippen molar-refractivity contribution in [2.75, 3.05) is 13.1 Å². The SMILES string of the molecule is O=C(c1ccc(F)c(F)c1F)N1CCC(O)CC1. The van der Waals surface area contributed by atoms with Crippen LogP contribution in [0.3, 0.4) is 0 Å². The molecule has 0 atom stereocenters. The van der Waals surface area contributed by atoms with Crippen LogP contribution in [0.15, 0.2) is 12.1 Å². The third kappa shape index (κ3) is 2.33. The lowest BCUT2D eigenvalue weighted by Gasteiger charge is -2.29. The minimum Gasteiger partial charge on any atom is -0.393 e. The van der Waals surface area contributed by atoms with Crippen molar-refractivity contribution >= 4 is 5.91 Å². The Balaban J connectivity index is 2.21. The van der Waals surface area contributed by atoms with Crippen LogP contribution in [0.25, 0.3) is 0 Å². The highest BCUT2D eigenvalue weighted by molar-refractivity contribution is 5.94. The highest BCUT2D eigenvalue weighted by Gasteiger charge is 2.26. The zero-order valence-electron chi connectivity index (χ0n) is 9.50. The van der Waals surface area contributed by atoms with Gasteiger partial charge in [-0.3, -0.25) is 4.79 Å². The van der Waals surface area contributed by atoms with Gasteiger partial charge in [0, 0.05) is 13.1 Å². The number of halogens is 3. The van der Waals surface area contributed by atoms with Gasteiger partial charge in [-0.15, -0.1) is 0 Å². The number of carbonyl (C=O) groups excluding carboxylic acids is 1. The number of carbonyl (C=O) groups is 1. The van der Waals surface area contributed by atoms with Gasteiger partial charge in [0.2, 0.25) is 0 Å². The molecule has 0 spiro atoms. The lowest BCUT2D eigenvalue weighted by Crippen LogP contribution is -2.40. The number of likely N-dealkylation sites (tertiary alicyclic amines) is 1. The highest BCUT2D eigenvalue weighted by atomic mass is 19.2. The van der Waals surface area contributed by atoms with Crippen LogP contribution in [0.1, 0.15) is 23.2 Å². The summed E-state index contributed by atoms with van der Waals surface area (Å²) in [6.45, 7) is 0.552. The number of benzene rings is 1. The molecule has 1 aliphatic heterocycles. The number of piperidine rings is 1. The van der Waals surface area contributed by atoms with Crippen LogP contribution in [0.2, 0.25) is 0 Å². The summed E-state index contributed by atoms with van der Waals surface area (Å²) in [6, 6.07) is 1.66. The fraction of sp³-hybridized carbons (Fsp3) is 0.417. The van der Waals surface area contributed by atoms with E-state index in [9.17, 15) is 23.1 Å². The minimum absolute atomic E-state index is 0.276. The number of aliphatic hydroxyl groups excluding tert-OH is 1. The molecule has 0 radical (unpaired) electrons. The smallest absolute Gasteiger partial charge is 0.256 e. The Morgan fingerprint density at radius 1 is 1.17 bits per heavy atom. The van der Waals surface area contributed by atoms with Crippen LogP contribution in [0.4, 0.5) is 13.2 Å². The molecule has 3 nitrogen and oxygen atoms in total. The number of rotatable bonds is 1. The minimum atomic E-state index is -1.64. The Morgan fingerprint density at radius 3 is 2.39 bits per heavy atom. The molecule has 98 valence electrons. The van der Waals surface area contributed by atoms with Crippen molar-refractivity contribution < 1.29 is 23.1 Å². The lowest BCUT2D eigenvalue weighted by molar-refractivity contribution is 0.0541. The van der Waals surface area contributed by atoms with Crippen LogP contribution < -0.4 is 0 Å². The molecule has 1 heterocycles. The van der Waals surface area contributed by atoms with Crippen LogP contribution in [-0.4, -0.2) is 35.1 Å². The fourth-order valence-electron chi connectivity index (χ4n) is 1.93. The molecular formula is C12H12F3NO2. The average Bonchev–Trinajstić information content (AvgIpc) is 2.36. The quantitative estimate of drug-likeness (QED) is 0.780. The fourth-order valence-corrected chi connectivity index (χ4v) is 1.93. The van der Waals surface area contributed by atoms with E-state index in [1.54, 1.807) is 0 Å². The Morgan fingerprint density at radius 2 is 1.78 bits per heavy atom. The van der Waals surface area contributed by atoms with Crippen LogP contribution in [-0.2, 0) is 0 Å². The number of aliphatic hydroxyl groups is 1. The molecule has 1 aliphatic rings. The normalized spacial score (nSPS) is 17.0. The zero-order valence-corrected chi connectivity index (χ0v) is 9.50. The van der Waals surface area contributed by atoms with E-state index in [2.05, 4.69) is 0 Å². The Labute approximate surface area is 102 Å². The third-order valence-corrected chi connectivity index (χ3v) is 3.02. The van der Waals surface area contributed by atoms with Crippen molar-refractivity contribution in [3.8, 4) is 0 Å². The Bertz CT molecular complexity index is 471. The second-order valence-electron chi connectivity index (χ2n) is 4.25. The van der Waals surface area contributed by atoms with Gasteiger partial charge in [0.1, 0.15) is 0 Å². The predicted molar refractivity (Wildman–Crippen MR) is 57.5 cm³/mol. The van der Waals surface area contributed by atoms with Crippen molar-refractivity contribution in [3.63, 3.8) is 0 Å². The average molecular weight is 259 g/mol. The molecule has 0 unspecified atom stereocenters. The summed E-state index contributed by atoms with van der Waals surface area (Å²) < 4.78 is 39.2. The standard InChI is InChI=1S/C12H12F3NO2/c13-9-2-1-8(10(14)11(9)15)12(18)16-5-3-7(17)4-6-16/h1-2,7,17H,3-6H2. The molecule has 0 aliphatic carbocycles. The van der Waals surface area contributed by atoms with Crippen molar-refractivity contribution in [1.29, 1.82) is 0 Å². The van der Waals surface area contributed by atoms with E-state index in [0.29, 0.717) is 12.8 Å². The van der Waals surface area contributed by atoms with Gasteiger partial charge in [-0.2, -0.15) is 0 Å². The number of amides is 1. The maximum absolute atomic E-state index is 13.4. The first-order valence-corrected chi connectivity index (χ1v) is 5.61. The molecule has 1 amide bonds. The summed E-state index contributed by atoms with van der Waals surface area (Å²) in [7, 11) is 0. The van der Waals surface area contributed by atoms with Gasteiger partial charge in [0.05, 0.1) is 11.7 Å².